The zero-order chi connectivity index (χ0) is 23.5. The molecule has 0 bridgehead atoms. The van der Waals surface area contributed by atoms with Crippen molar-refractivity contribution in [2.24, 2.45) is 0 Å². The van der Waals surface area contributed by atoms with E-state index in [-0.39, 0.29) is 11.8 Å². The van der Waals surface area contributed by atoms with Crippen LogP contribution in [-0.2, 0) is 9.59 Å². The molecule has 0 aliphatic carbocycles. The van der Waals surface area contributed by atoms with Crippen molar-refractivity contribution in [1.29, 1.82) is 0 Å². The largest absolute Gasteiger partial charge is 0.277 e. The standard InChI is InChI=1S/C31H23NO2/c1-32-30(33)28(26(22-14-6-2-7-15-22)23-16-8-3-9-17-23)29(31(32)34)27(24-18-10-4-11-19-24)25-20-12-5-13-21-25/h2-21H,1H3. The van der Waals surface area contributed by atoms with Gasteiger partial charge in [-0.1, -0.05) is 121 Å². The second-order valence-electron chi connectivity index (χ2n) is 8.13. The van der Waals surface area contributed by atoms with E-state index < -0.39 is 0 Å². The third-order valence-corrected chi connectivity index (χ3v) is 6.04. The number of benzene rings is 4. The Morgan fingerprint density at radius 3 is 0.912 bits per heavy atom. The molecule has 0 spiro atoms. The SMILES string of the molecule is CN1C(=O)C(=C(c2ccccc2)c2ccccc2)C(=C(c2ccccc2)c2ccccc2)C1=O. The molecule has 0 unspecified atom stereocenters. The molecule has 34 heavy (non-hydrogen) atoms. The van der Waals surface area contributed by atoms with Crippen molar-refractivity contribution in [3.63, 3.8) is 0 Å². The summed E-state index contributed by atoms with van der Waals surface area (Å²) in [6, 6.07) is 39.2. The van der Waals surface area contributed by atoms with E-state index >= 15 is 0 Å². The molecule has 3 nitrogen and oxygen atoms in total. The molecule has 2 amide bonds. The van der Waals surface area contributed by atoms with Gasteiger partial charge in [0.05, 0.1) is 11.1 Å². The average molecular weight is 442 g/mol. The van der Waals surface area contributed by atoms with Gasteiger partial charge in [-0.3, -0.25) is 14.5 Å². The summed E-state index contributed by atoms with van der Waals surface area (Å²) in [6.07, 6.45) is 0. The smallest absolute Gasteiger partial charge is 0.261 e. The zero-order valence-electron chi connectivity index (χ0n) is 18.8. The van der Waals surface area contributed by atoms with Gasteiger partial charge in [0.15, 0.2) is 0 Å². The van der Waals surface area contributed by atoms with Crippen LogP contribution >= 0.6 is 0 Å². The molecular weight excluding hydrogens is 418 g/mol. The van der Waals surface area contributed by atoms with Crippen LogP contribution in [0.25, 0.3) is 11.1 Å². The van der Waals surface area contributed by atoms with E-state index in [1.807, 2.05) is 121 Å². The maximum absolute atomic E-state index is 13.7. The first-order valence-electron chi connectivity index (χ1n) is 11.2. The number of hydrogen-bond acceptors (Lipinski definition) is 2. The summed E-state index contributed by atoms with van der Waals surface area (Å²) in [6.45, 7) is 0. The summed E-state index contributed by atoms with van der Waals surface area (Å²) in [7, 11) is 1.55. The van der Waals surface area contributed by atoms with E-state index in [9.17, 15) is 9.59 Å². The van der Waals surface area contributed by atoms with Crippen LogP contribution in [0.4, 0.5) is 0 Å². The minimum atomic E-state index is -0.299. The van der Waals surface area contributed by atoms with E-state index in [1.54, 1.807) is 7.05 Å². The van der Waals surface area contributed by atoms with Crippen LogP contribution in [0.2, 0.25) is 0 Å². The Morgan fingerprint density at radius 1 is 0.441 bits per heavy atom. The Bertz CT molecular complexity index is 1210. The van der Waals surface area contributed by atoms with Crippen molar-refractivity contribution in [2.75, 3.05) is 7.05 Å². The first-order chi connectivity index (χ1) is 16.7. The van der Waals surface area contributed by atoms with Gasteiger partial charge in [0, 0.05) is 18.2 Å². The second kappa shape index (κ2) is 9.16. The normalized spacial score (nSPS) is 13.4. The first kappa shape index (κ1) is 21.4. The summed E-state index contributed by atoms with van der Waals surface area (Å²) in [5.74, 6) is -0.598. The van der Waals surface area contributed by atoms with Gasteiger partial charge in [0.1, 0.15) is 0 Å². The average Bonchev–Trinajstić information content (AvgIpc) is 3.11. The highest BCUT2D eigenvalue weighted by molar-refractivity contribution is 6.31. The van der Waals surface area contributed by atoms with Crippen molar-refractivity contribution < 1.29 is 9.59 Å². The Labute approximate surface area is 199 Å². The van der Waals surface area contributed by atoms with Crippen molar-refractivity contribution in [2.45, 2.75) is 0 Å². The van der Waals surface area contributed by atoms with Crippen LogP contribution in [0, 0.1) is 0 Å². The van der Waals surface area contributed by atoms with Crippen LogP contribution in [0.15, 0.2) is 132 Å². The van der Waals surface area contributed by atoms with E-state index in [0.717, 1.165) is 33.4 Å². The third kappa shape index (κ3) is 3.78. The topological polar surface area (TPSA) is 37.4 Å². The lowest BCUT2D eigenvalue weighted by Crippen LogP contribution is -2.24. The number of carbonyl (C=O) groups excluding carboxylic acids is 2. The van der Waals surface area contributed by atoms with Crippen LogP contribution in [0.5, 0.6) is 0 Å². The van der Waals surface area contributed by atoms with Crippen molar-refractivity contribution >= 4 is 23.0 Å². The minimum Gasteiger partial charge on any atom is -0.277 e. The molecule has 0 saturated carbocycles. The maximum Gasteiger partial charge on any atom is 0.261 e. The molecule has 4 aromatic rings. The van der Waals surface area contributed by atoms with Crippen molar-refractivity contribution in [1.82, 2.24) is 4.90 Å². The Morgan fingerprint density at radius 2 is 0.676 bits per heavy atom. The van der Waals surface area contributed by atoms with E-state index in [2.05, 4.69) is 0 Å². The van der Waals surface area contributed by atoms with Gasteiger partial charge in [-0.15, -0.1) is 0 Å². The number of nitrogens with zero attached hydrogens (tertiary/aromatic N) is 1. The number of hydrogen-bond donors (Lipinski definition) is 0. The molecule has 5 rings (SSSR count). The molecular formula is C31H23NO2. The van der Waals surface area contributed by atoms with E-state index in [4.69, 9.17) is 0 Å². The molecule has 1 aliphatic heterocycles. The van der Waals surface area contributed by atoms with Crippen LogP contribution in [-0.4, -0.2) is 23.8 Å². The number of carbonyl (C=O) groups is 2. The number of amides is 2. The molecule has 1 saturated heterocycles. The van der Waals surface area contributed by atoms with E-state index in [1.165, 1.54) is 4.90 Å². The highest BCUT2D eigenvalue weighted by Crippen LogP contribution is 2.41. The molecule has 3 heteroatoms. The Kier molecular flexibility index (Phi) is 5.75. The van der Waals surface area contributed by atoms with Gasteiger partial charge >= 0.3 is 0 Å². The maximum atomic E-state index is 13.7. The molecule has 0 radical (unpaired) electrons. The zero-order valence-corrected chi connectivity index (χ0v) is 18.8. The number of likely N-dealkylation sites (N-methyl/N-ethyl adjacent to an activating group) is 1. The summed E-state index contributed by atoms with van der Waals surface area (Å²) >= 11 is 0. The lowest BCUT2D eigenvalue weighted by molar-refractivity contribution is -0.134. The summed E-state index contributed by atoms with van der Waals surface area (Å²) in [4.78, 5) is 28.6. The molecule has 0 N–H and O–H groups in total. The lowest BCUT2D eigenvalue weighted by atomic mass is 9.85. The highest BCUT2D eigenvalue weighted by atomic mass is 16.2. The predicted molar refractivity (Wildman–Crippen MR) is 136 cm³/mol. The number of rotatable bonds is 4. The second-order valence-corrected chi connectivity index (χ2v) is 8.13. The summed E-state index contributed by atoms with van der Waals surface area (Å²) in [5, 5.41) is 0. The number of likely N-dealkylation sites (tertiary alicyclic amines) is 1. The van der Waals surface area contributed by atoms with Gasteiger partial charge in [-0.2, -0.15) is 0 Å². The minimum absolute atomic E-state index is 0.299. The fourth-order valence-corrected chi connectivity index (χ4v) is 4.44. The van der Waals surface area contributed by atoms with Gasteiger partial charge in [0.2, 0.25) is 0 Å². The van der Waals surface area contributed by atoms with Gasteiger partial charge < -0.3 is 0 Å². The molecule has 4 aromatic carbocycles. The monoisotopic (exact) mass is 441 g/mol. The molecule has 0 aromatic heterocycles. The lowest BCUT2D eigenvalue weighted by Gasteiger charge is -2.16. The predicted octanol–water partition coefficient (Wildman–Crippen LogP) is 5.99. The highest BCUT2D eigenvalue weighted by Gasteiger charge is 2.41. The van der Waals surface area contributed by atoms with Gasteiger partial charge in [-0.05, 0) is 22.3 Å². The van der Waals surface area contributed by atoms with Crippen LogP contribution in [0.3, 0.4) is 0 Å². The fourth-order valence-electron chi connectivity index (χ4n) is 4.44. The molecule has 1 fully saturated rings. The fraction of sp³-hybridized carbons (Fsp3) is 0.0323. The van der Waals surface area contributed by atoms with Crippen molar-refractivity contribution in [3.05, 3.63) is 155 Å². The summed E-state index contributed by atoms with van der Waals surface area (Å²) < 4.78 is 0. The first-order valence-corrected chi connectivity index (χ1v) is 11.2. The number of imide groups is 1. The molecule has 164 valence electrons. The van der Waals surface area contributed by atoms with Gasteiger partial charge in [0.25, 0.3) is 11.8 Å². The quantitative estimate of drug-likeness (QED) is 0.288. The van der Waals surface area contributed by atoms with Gasteiger partial charge in [-0.25, -0.2) is 0 Å². The Hall–Kier alpha value is -4.50. The van der Waals surface area contributed by atoms with Crippen LogP contribution < -0.4 is 0 Å². The molecule has 1 heterocycles. The summed E-state index contributed by atoms with van der Waals surface area (Å²) in [5.41, 5.74) is 5.90. The van der Waals surface area contributed by atoms with Crippen molar-refractivity contribution in [3.8, 4) is 0 Å². The van der Waals surface area contributed by atoms with E-state index in [0.29, 0.717) is 11.1 Å². The third-order valence-electron chi connectivity index (χ3n) is 6.04. The van der Waals surface area contributed by atoms with Crippen LogP contribution in [0.1, 0.15) is 22.3 Å². The molecule has 1 aliphatic rings. The molecule has 0 atom stereocenters. The Balaban J connectivity index is 1.95.